The standard InChI is InChI=1S/C11H12BrNO4/c1-17-11(16)13(7-6-12)9-4-2-8(3-5-9)10(14)15/h2-5H,6-7H2,1H3,(H,14,15). The van der Waals surface area contributed by atoms with Gasteiger partial charge in [0.2, 0.25) is 0 Å². The fourth-order valence-electron chi connectivity index (χ4n) is 1.30. The van der Waals surface area contributed by atoms with E-state index in [0.717, 1.165) is 0 Å². The van der Waals surface area contributed by atoms with Crippen molar-refractivity contribution < 1.29 is 19.4 Å². The SMILES string of the molecule is COC(=O)N(CCBr)c1ccc(C(=O)O)cc1. The van der Waals surface area contributed by atoms with Crippen molar-refractivity contribution in [2.24, 2.45) is 0 Å². The molecular weight excluding hydrogens is 290 g/mol. The average Bonchev–Trinajstić information content (AvgIpc) is 2.35. The van der Waals surface area contributed by atoms with Crippen LogP contribution >= 0.6 is 15.9 Å². The molecular formula is C11H12BrNO4. The van der Waals surface area contributed by atoms with Crippen molar-refractivity contribution >= 4 is 33.7 Å². The van der Waals surface area contributed by atoms with Crippen LogP contribution in [0.3, 0.4) is 0 Å². The second kappa shape index (κ2) is 6.24. The van der Waals surface area contributed by atoms with Gasteiger partial charge in [-0.25, -0.2) is 9.59 Å². The van der Waals surface area contributed by atoms with Gasteiger partial charge in [0.25, 0.3) is 0 Å². The topological polar surface area (TPSA) is 66.8 Å². The van der Waals surface area contributed by atoms with Gasteiger partial charge in [-0.1, -0.05) is 15.9 Å². The molecule has 0 radical (unpaired) electrons. The fraction of sp³-hybridized carbons (Fsp3) is 0.273. The highest BCUT2D eigenvalue weighted by atomic mass is 79.9. The summed E-state index contributed by atoms with van der Waals surface area (Å²) in [4.78, 5) is 23.6. The highest BCUT2D eigenvalue weighted by Crippen LogP contribution is 2.16. The highest BCUT2D eigenvalue weighted by molar-refractivity contribution is 9.09. The molecule has 0 aromatic heterocycles. The van der Waals surface area contributed by atoms with E-state index in [9.17, 15) is 9.59 Å². The molecule has 0 spiro atoms. The maximum atomic E-state index is 11.5. The molecule has 0 fully saturated rings. The molecule has 0 aliphatic carbocycles. The zero-order chi connectivity index (χ0) is 12.8. The summed E-state index contributed by atoms with van der Waals surface area (Å²) in [7, 11) is 1.30. The third-order valence-corrected chi connectivity index (χ3v) is 2.48. The summed E-state index contributed by atoms with van der Waals surface area (Å²) in [6.07, 6.45) is -0.479. The summed E-state index contributed by atoms with van der Waals surface area (Å²) < 4.78 is 4.65. The molecule has 0 heterocycles. The number of hydrogen-bond acceptors (Lipinski definition) is 3. The lowest BCUT2D eigenvalue weighted by Crippen LogP contribution is -2.32. The van der Waals surface area contributed by atoms with Crippen LogP contribution < -0.4 is 4.90 Å². The van der Waals surface area contributed by atoms with Crippen LogP contribution in [0.4, 0.5) is 10.5 Å². The molecule has 1 aromatic carbocycles. The Labute approximate surface area is 107 Å². The van der Waals surface area contributed by atoms with E-state index >= 15 is 0 Å². The number of carboxylic acid groups (broad SMARTS) is 1. The van der Waals surface area contributed by atoms with Gasteiger partial charge in [0.05, 0.1) is 12.7 Å². The molecule has 6 heteroatoms. The average molecular weight is 302 g/mol. The van der Waals surface area contributed by atoms with Gasteiger partial charge in [0.1, 0.15) is 0 Å². The number of rotatable bonds is 4. The van der Waals surface area contributed by atoms with Crippen LogP contribution in [-0.2, 0) is 4.74 Å². The first-order chi connectivity index (χ1) is 8.10. The summed E-state index contributed by atoms with van der Waals surface area (Å²) in [5, 5.41) is 9.36. The number of hydrogen-bond donors (Lipinski definition) is 1. The maximum absolute atomic E-state index is 11.5. The van der Waals surface area contributed by atoms with Gasteiger partial charge in [0, 0.05) is 17.6 Å². The van der Waals surface area contributed by atoms with Crippen molar-refractivity contribution in [3.63, 3.8) is 0 Å². The number of carboxylic acids is 1. The number of methoxy groups -OCH3 is 1. The number of carbonyl (C=O) groups excluding carboxylic acids is 1. The Balaban J connectivity index is 2.94. The molecule has 1 N–H and O–H groups in total. The summed E-state index contributed by atoms with van der Waals surface area (Å²) in [6, 6.07) is 6.04. The van der Waals surface area contributed by atoms with E-state index in [-0.39, 0.29) is 5.56 Å². The van der Waals surface area contributed by atoms with Crippen LogP contribution in [0, 0.1) is 0 Å². The van der Waals surface area contributed by atoms with Crippen molar-refractivity contribution in [2.75, 3.05) is 23.9 Å². The van der Waals surface area contributed by atoms with E-state index in [1.165, 1.54) is 24.1 Å². The predicted molar refractivity (Wildman–Crippen MR) is 66.9 cm³/mol. The van der Waals surface area contributed by atoms with Gasteiger partial charge in [0.15, 0.2) is 0 Å². The number of alkyl halides is 1. The zero-order valence-corrected chi connectivity index (χ0v) is 10.8. The molecule has 0 aliphatic heterocycles. The first kappa shape index (κ1) is 13.5. The molecule has 0 saturated carbocycles. The normalized spacial score (nSPS) is 9.76. The molecule has 17 heavy (non-hydrogen) atoms. The molecule has 1 rings (SSSR count). The Bertz CT molecular complexity index is 404. The minimum absolute atomic E-state index is 0.178. The predicted octanol–water partition coefficient (Wildman–Crippen LogP) is 2.35. The molecule has 0 aliphatic rings. The molecule has 1 aromatic rings. The summed E-state index contributed by atoms with van der Waals surface area (Å²) in [5.74, 6) is -0.998. The molecule has 92 valence electrons. The van der Waals surface area contributed by atoms with Crippen LogP contribution in [0.15, 0.2) is 24.3 Å². The molecule has 0 unspecified atom stereocenters. The Kier molecular flexibility index (Phi) is 4.96. The first-order valence-electron chi connectivity index (χ1n) is 4.85. The summed E-state index contributed by atoms with van der Waals surface area (Å²) in [6.45, 7) is 0.444. The number of anilines is 1. The van der Waals surface area contributed by atoms with Crippen molar-refractivity contribution in [1.29, 1.82) is 0 Å². The van der Waals surface area contributed by atoms with Crippen LogP contribution in [0.25, 0.3) is 0 Å². The minimum Gasteiger partial charge on any atom is -0.478 e. The van der Waals surface area contributed by atoms with E-state index in [1.54, 1.807) is 12.1 Å². The maximum Gasteiger partial charge on any atom is 0.414 e. The molecule has 0 saturated heterocycles. The van der Waals surface area contributed by atoms with Gasteiger partial charge in [-0.15, -0.1) is 0 Å². The van der Waals surface area contributed by atoms with Crippen LogP contribution in [0.2, 0.25) is 0 Å². The number of carbonyl (C=O) groups is 2. The van der Waals surface area contributed by atoms with Crippen molar-refractivity contribution in [1.82, 2.24) is 0 Å². The van der Waals surface area contributed by atoms with E-state index in [0.29, 0.717) is 17.6 Å². The quantitative estimate of drug-likeness (QED) is 0.867. The molecule has 0 bridgehead atoms. The Morgan fingerprint density at radius 1 is 1.35 bits per heavy atom. The first-order valence-corrected chi connectivity index (χ1v) is 5.97. The zero-order valence-electron chi connectivity index (χ0n) is 9.22. The van der Waals surface area contributed by atoms with Gasteiger partial charge in [-0.05, 0) is 24.3 Å². The van der Waals surface area contributed by atoms with E-state index in [1.807, 2.05) is 0 Å². The van der Waals surface area contributed by atoms with Crippen LogP contribution in [-0.4, -0.2) is 36.2 Å². The number of aromatic carboxylic acids is 1. The number of benzene rings is 1. The second-order valence-electron chi connectivity index (χ2n) is 3.16. The lowest BCUT2D eigenvalue weighted by atomic mass is 10.2. The Hall–Kier alpha value is -1.56. The van der Waals surface area contributed by atoms with E-state index < -0.39 is 12.1 Å². The molecule has 0 atom stereocenters. The summed E-state index contributed by atoms with van der Waals surface area (Å²) in [5.41, 5.74) is 0.777. The number of nitrogens with zero attached hydrogens (tertiary/aromatic N) is 1. The third-order valence-electron chi connectivity index (χ3n) is 2.13. The lowest BCUT2D eigenvalue weighted by molar-refractivity contribution is 0.0697. The highest BCUT2D eigenvalue weighted by Gasteiger charge is 2.15. The van der Waals surface area contributed by atoms with Crippen LogP contribution in [0.1, 0.15) is 10.4 Å². The van der Waals surface area contributed by atoms with Gasteiger partial charge < -0.3 is 9.84 Å². The van der Waals surface area contributed by atoms with Crippen LogP contribution in [0.5, 0.6) is 0 Å². The van der Waals surface area contributed by atoms with Gasteiger partial charge in [-0.3, -0.25) is 4.90 Å². The number of ether oxygens (including phenoxy) is 1. The molecule has 5 nitrogen and oxygen atoms in total. The van der Waals surface area contributed by atoms with Gasteiger partial charge in [-0.2, -0.15) is 0 Å². The van der Waals surface area contributed by atoms with Gasteiger partial charge >= 0.3 is 12.1 Å². The monoisotopic (exact) mass is 301 g/mol. The van der Waals surface area contributed by atoms with E-state index in [4.69, 9.17) is 5.11 Å². The Morgan fingerprint density at radius 2 is 1.94 bits per heavy atom. The largest absolute Gasteiger partial charge is 0.478 e. The smallest absolute Gasteiger partial charge is 0.414 e. The van der Waals surface area contributed by atoms with Crippen molar-refractivity contribution in [3.8, 4) is 0 Å². The number of amides is 1. The lowest BCUT2D eigenvalue weighted by Gasteiger charge is -2.20. The minimum atomic E-state index is -0.998. The van der Waals surface area contributed by atoms with E-state index in [2.05, 4.69) is 20.7 Å². The number of halogens is 1. The fourth-order valence-corrected chi connectivity index (χ4v) is 1.66. The van der Waals surface area contributed by atoms with Crippen molar-refractivity contribution in [2.45, 2.75) is 0 Å². The Morgan fingerprint density at radius 3 is 2.35 bits per heavy atom. The van der Waals surface area contributed by atoms with Crippen molar-refractivity contribution in [3.05, 3.63) is 29.8 Å². The third kappa shape index (κ3) is 3.45. The second-order valence-corrected chi connectivity index (χ2v) is 3.96. The molecule has 1 amide bonds. The summed E-state index contributed by atoms with van der Waals surface area (Å²) >= 11 is 3.24.